The zero-order valence-electron chi connectivity index (χ0n) is 15.5. The van der Waals surface area contributed by atoms with Crippen LogP contribution in [-0.2, 0) is 4.79 Å². The van der Waals surface area contributed by atoms with Gasteiger partial charge in [0, 0.05) is 35.9 Å². The third-order valence-electron chi connectivity index (χ3n) is 4.35. The van der Waals surface area contributed by atoms with Crippen molar-refractivity contribution in [2.45, 2.75) is 6.18 Å². The van der Waals surface area contributed by atoms with Crippen LogP contribution in [0, 0.1) is 0 Å². The highest BCUT2D eigenvalue weighted by atomic mass is 19.4. The van der Waals surface area contributed by atoms with Crippen LogP contribution in [0.5, 0.6) is 0 Å². The first-order valence-electron chi connectivity index (χ1n) is 8.95. The predicted octanol–water partition coefficient (Wildman–Crippen LogP) is 4.98. The average Bonchev–Trinajstić information content (AvgIpc) is 3.17. The molecule has 30 heavy (non-hydrogen) atoms. The van der Waals surface area contributed by atoms with Gasteiger partial charge in [0.1, 0.15) is 0 Å². The first-order chi connectivity index (χ1) is 14.4. The Hall–Kier alpha value is -3.94. The summed E-state index contributed by atoms with van der Waals surface area (Å²) in [5.41, 5.74) is 0.770. The minimum Gasteiger partial charge on any atom is -0.322 e. The summed E-state index contributed by atoms with van der Waals surface area (Å²) in [4.78, 5) is 20.8. The summed E-state index contributed by atoms with van der Waals surface area (Å²) in [5, 5.41) is 2.47. The molecule has 5 nitrogen and oxygen atoms in total. The molecule has 0 fully saturated rings. The van der Waals surface area contributed by atoms with E-state index in [4.69, 9.17) is 0 Å². The molecule has 0 aliphatic carbocycles. The maximum atomic E-state index is 13.4. The van der Waals surface area contributed by atoms with Gasteiger partial charge < -0.3 is 5.32 Å². The van der Waals surface area contributed by atoms with Crippen molar-refractivity contribution in [1.29, 1.82) is 0 Å². The lowest BCUT2D eigenvalue weighted by atomic mass is 10.1. The normalized spacial score (nSPS) is 12.2. The van der Waals surface area contributed by atoms with Gasteiger partial charge in [-0.2, -0.15) is 13.2 Å². The minimum atomic E-state index is -4.65. The number of hydrogen-bond acceptors (Lipinski definition) is 3. The molecule has 0 radical (unpaired) electrons. The number of allylic oxidation sites excluding steroid dienone is 1. The third-order valence-corrected chi connectivity index (χ3v) is 4.35. The molecule has 2 heterocycles. The molecule has 8 heteroatoms. The second-order valence-corrected chi connectivity index (χ2v) is 6.44. The molecule has 4 aromatic rings. The molecule has 0 unspecified atom stereocenters. The summed E-state index contributed by atoms with van der Waals surface area (Å²) >= 11 is 0. The van der Waals surface area contributed by atoms with Crippen molar-refractivity contribution < 1.29 is 18.0 Å². The minimum absolute atomic E-state index is 0.0732. The van der Waals surface area contributed by atoms with E-state index in [1.54, 1.807) is 47.0 Å². The molecular weight excluding hydrogens is 393 g/mol. The topological polar surface area (TPSA) is 59.3 Å². The number of carbonyl (C=O) groups excluding carboxylic acids is 1. The van der Waals surface area contributed by atoms with Crippen LogP contribution in [0.25, 0.3) is 22.6 Å². The first kappa shape index (κ1) is 19.4. The van der Waals surface area contributed by atoms with Crippen molar-refractivity contribution in [2.75, 3.05) is 5.32 Å². The number of nitrogens with one attached hydrogen (secondary N) is 1. The van der Waals surface area contributed by atoms with E-state index >= 15 is 0 Å². The monoisotopic (exact) mass is 408 g/mol. The van der Waals surface area contributed by atoms with Gasteiger partial charge >= 0.3 is 6.18 Å². The quantitative estimate of drug-likeness (QED) is 0.485. The molecule has 2 aromatic carbocycles. The number of hydrogen-bond donors (Lipinski definition) is 1. The van der Waals surface area contributed by atoms with Crippen molar-refractivity contribution in [2.24, 2.45) is 0 Å². The summed E-state index contributed by atoms with van der Waals surface area (Å²) in [5.74, 6) is -0.313. The molecule has 150 valence electrons. The van der Waals surface area contributed by atoms with Gasteiger partial charge in [-0.15, -0.1) is 0 Å². The predicted molar refractivity (Wildman–Crippen MR) is 108 cm³/mol. The molecule has 0 saturated heterocycles. The number of fused-ring (bicyclic) bond motifs is 1. The Balaban J connectivity index is 1.53. The molecule has 4 rings (SSSR count). The second kappa shape index (κ2) is 7.82. The van der Waals surface area contributed by atoms with Gasteiger partial charge in [0.15, 0.2) is 0 Å². The van der Waals surface area contributed by atoms with E-state index in [1.165, 1.54) is 24.3 Å². The number of imidazole rings is 1. The molecule has 0 atom stereocenters. The van der Waals surface area contributed by atoms with Crippen LogP contribution < -0.4 is 5.32 Å². The lowest BCUT2D eigenvalue weighted by Crippen LogP contribution is -2.16. The van der Waals surface area contributed by atoms with Crippen molar-refractivity contribution in [3.8, 4) is 11.3 Å². The smallest absolute Gasteiger partial charge is 0.322 e. The van der Waals surface area contributed by atoms with E-state index in [-0.39, 0.29) is 5.56 Å². The van der Waals surface area contributed by atoms with E-state index in [9.17, 15) is 18.0 Å². The largest absolute Gasteiger partial charge is 0.417 e. The molecule has 0 aliphatic heterocycles. The van der Waals surface area contributed by atoms with Gasteiger partial charge in [-0.1, -0.05) is 42.5 Å². The molecule has 2 aromatic heterocycles. The summed E-state index contributed by atoms with van der Waals surface area (Å²) in [6.07, 6.45) is 1.19. The Bertz CT molecular complexity index is 1180. The maximum Gasteiger partial charge on any atom is 0.417 e. The molecular formula is C22H15F3N4O. The molecule has 1 amide bonds. The third kappa shape index (κ3) is 4.22. The number of carbonyl (C=O) groups is 1. The summed E-state index contributed by atoms with van der Waals surface area (Å²) < 4.78 is 41.9. The summed E-state index contributed by atoms with van der Waals surface area (Å²) in [6.45, 7) is 0. The lowest BCUT2D eigenvalue weighted by Gasteiger charge is -2.12. The molecule has 0 spiro atoms. The highest BCUT2D eigenvalue weighted by Gasteiger charge is 2.35. The standard InChI is InChI=1S/C22H15F3N4O/c23-22(24,25)18(15-5-2-1-3-6-15)13-20(30)27-17-9-7-16(8-10-17)19-14-29-12-4-11-26-21(29)28-19/h1-14H,(H,27,30)/b18-13+. The van der Waals surface area contributed by atoms with Crippen LogP contribution in [0.15, 0.2) is 85.3 Å². The molecule has 0 aliphatic rings. The van der Waals surface area contributed by atoms with Gasteiger partial charge in [0.05, 0.1) is 11.3 Å². The van der Waals surface area contributed by atoms with Gasteiger partial charge in [-0.25, -0.2) is 9.97 Å². The van der Waals surface area contributed by atoms with E-state index < -0.39 is 17.7 Å². The highest BCUT2D eigenvalue weighted by molar-refractivity contribution is 6.04. The van der Waals surface area contributed by atoms with Crippen molar-refractivity contribution in [1.82, 2.24) is 14.4 Å². The van der Waals surface area contributed by atoms with E-state index in [1.807, 2.05) is 12.4 Å². The Morgan fingerprint density at radius 1 is 1.00 bits per heavy atom. The van der Waals surface area contributed by atoms with E-state index in [2.05, 4.69) is 15.3 Å². The molecule has 0 saturated carbocycles. The number of benzene rings is 2. The van der Waals surface area contributed by atoms with Crippen LogP contribution >= 0.6 is 0 Å². The Morgan fingerprint density at radius 3 is 2.40 bits per heavy atom. The van der Waals surface area contributed by atoms with Gasteiger partial charge in [-0.3, -0.25) is 9.20 Å². The fourth-order valence-corrected chi connectivity index (χ4v) is 2.95. The van der Waals surface area contributed by atoms with Crippen LogP contribution in [-0.4, -0.2) is 26.5 Å². The van der Waals surface area contributed by atoms with Gasteiger partial charge in [0.2, 0.25) is 11.7 Å². The van der Waals surface area contributed by atoms with Crippen LogP contribution in [0.2, 0.25) is 0 Å². The summed E-state index contributed by atoms with van der Waals surface area (Å²) in [7, 11) is 0. The number of alkyl halides is 3. The van der Waals surface area contributed by atoms with Crippen molar-refractivity contribution in [3.63, 3.8) is 0 Å². The Kier molecular flexibility index (Phi) is 5.05. The van der Waals surface area contributed by atoms with Crippen molar-refractivity contribution in [3.05, 3.63) is 90.9 Å². The van der Waals surface area contributed by atoms with Gasteiger partial charge in [0.25, 0.3) is 0 Å². The number of anilines is 1. The SMILES string of the molecule is O=C(/C=C(\c1ccccc1)C(F)(F)F)Nc1ccc(-c2cn3cccnc3n2)cc1. The number of nitrogens with zero attached hydrogens (tertiary/aromatic N) is 3. The molecule has 1 N–H and O–H groups in total. The average molecular weight is 408 g/mol. The van der Waals surface area contributed by atoms with E-state index in [0.29, 0.717) is 23.2 Å². The van der Waals surface area contributed by atoms with E-state index in [0.717, 1.165) is 5.56 Å². The Labute approximate surface area is 169 Å². The first-order valence-corrected chi connectivity index (χ1v) is 8.95. The zero-order valence-corrected chi connectivity index (χ0v) is 15.5. The number of halogens is 3. The Morgan fingerprint density at radius 2 is 1.73 bits per heavy atom. The van der Waals surface area contributed by atoms with Crippen molar-refractivity contribution >= 4 is 22.9 Å². The van der Waals surface area contributed by atoms with Crippen LogP contribution in [0.3, 0.4) is 0 Å². The maximum absolute atomic E-state index is 13.4. The fourth-order valence-electron chi connectivity index (χ4n) is 2.95. The van der Waals surface area contributed by atoms with Crippen LogP contribution in [0.4, 0.5) is 18.9 Å². The number of aromatic nitrogens is 3. The number of amides is 1. The zero-order chi connectivity index (χ0) is 21.1. The summed E-state index contributed by atoms with van der Waals surface area (Å²) in [6, 6.07) is 15.7. The fraction of sp³-hybridized carbons (Fsp3) is 0.0455. The highest BCUT2D eigenvalue weighted by Crippen LogP contribution is 2.33. The second-order valence-electron chi connectivity index (χ2n) is 6.44. The van der Waals surface area contributed by atoms with Crippen LogP contribution in [0.1, 0.15) is 5.56 Å². The number of rotatable bonds is 4. The lowest BCUT2D eigenvalue weighted by molar-refractivity contribution is -0.112. The molecule has 0 bridgehead atoms. The van der Waals surface area contributed by atoms with Gasteiger partial charge in [-0.05, 0) is 23.8 Å².